The number of nitrogens with one attached hydrogen (secondary N) is 1. The zero-order valence-electron chi connectivity index (χ0n) is 17.1. The van der Waals surface area contributed by atoms with Crippen molar-refractivity contribution in [2.75, 3.05) is 7.11 Å². The number of nitrogens with zero attached hydrogens (tertiary/aromatic N) is 2. The van der Waals surface area contributed by atoms with Gasteiger partial charge in [0.25, 0.3) is 5.56 Å². The number of carboxylic acids is 1. The Kier molecular flexibility index (Phi) is 7.50. The molecular formula is C22H19Cl2N3O4S. The lowest BCUT2D eigenvalue weighted by molar-refractivity contribution is -0.139. The molecule has 3 rings (SSSR count). The van der Waals surface area contributed by atoms with Crippen LogP contribution in [0.5, 0.6) is 5.75 Å². The number of ether oxygens (including phenoxy) is 1. The second-order valence-electron chi connectivity index (χ2n) is 6.88. The number of methoxy groups -OCH3 is 1. The van der Waals surface area contributed by atoms with Gasteiger partial charge >= 0.3 is 5.97 Å². The molecule has 1 heterocycles. The summed E-state index contributed by atoms with van der Waals surface area (Å²) in [5.74, 6) is -0.725. The Hall–Kier alpha value is -2.94. The fourth-order valence-electron chi connectivity index (χ4n) is 3.13. The Morgan fingerprint density at radius 3 is 2.41 bits per heavy atom. The minimum absolute atomic E-state index is 0.142. The molecule has 7 nitrogen and oxygen atoms in total. The number of thiocarbonyl (C=S) groups is 1. The number of hydrogen-bond acceptors (Lipinski definition) is 5. The average molecular weight is 492 g/mol. The number of hydrogen-bond donors (Lipinski definition) is 2. The molecule has 0 radical (unpaired) electrons. The topological polar surface area (TPSA) is 93.5 Å². The van der Waals surface area contributed by atoms with Gasteiger partial charge in [0.2, 0.25) is 0 Å². The molecule has 0 bridgehead atoms. The van der Waals surface area contributed by atoms with Gasteiger partial charge in [0.15, 0.2) is 5.75 Å². The third-order valence-electron chi connectivity index (χ3n) is 4.80. The molecule has 0 aliphatic rings. The van der Waals surface area contributed by atoms with Crippen molar-refractivity contribution in [3.8, 4) is 16.9 Å². The number of aliphatic carboxylic acids is 1. The highest BCUT2D eigenvalue weighted by Gasteiger charge is 2.22. The summed E-state index contributed by atoms with van der Waals surface area (Å²) in [4.78, 5) is 24.5. The minimum Gasteiger partial charge on any atom is -0.494 e. The first-order valence-corrected chi connectivity index (χ1v) is 10.6. The lowest BCUT2D eigenvalue weighted by Crippen LogP contribution is -2.42. The largest absolute Gasteiger partial charge is 0.494 e. The van der Waals surface area contributed by atoms with E-state index in [1.54, 1.807) is 49.5 Å². The zero-order chi connectivity index (χ0) is 23.4. The van der Waals surface area contributed by atoms with Gasteiger partial charge in [-0.1, -0.05) is 65.8 Å². The number of aryl methyl sites for hydroxylation is 1. The van der Waals surface area contributed by atoms with Gasteiger partial charge in [-0.15, -0.1) is 0 Å². The van der Waals surface area contributed by atoms with E-state index in [0.29, 0.717) is 32.5 Å². The number of carboxylic acid groups (broad SMARTS) is 1. The molecule has 0 saturated heterocycles. The molecule has 10 heteroatoms. The SMILES string of the molecule is COc1cnn(C)c(=O)c1-c1ccc(CC(NC(=S)c2c(Cl)cccc2Cl)C(=O)O)cc1. The quantitative estimate of drug-likeness (QED) is 0.486. The van der Waals surface area contributed by atoms with Crippen molar-refractivity contribution >= 4 is 46.4 Å². The van der Waals surface area contributed by atoms with Crippen LogP contribution in [-0.4, -0.2) is 39.0 Å². The van der Waals surface area contributed by atoms with E-state index < -0.39 is 12.0 Å². The molecule has 0 amide bonds. The molecule has 0 saturated carbocycles. The van der Waals surface area contributed by atoms with Crippen LogP contribution >= 0.6 is 35.4 Å². The lowest BCUT2D eigenvalue weighted by Gasteiger charge is -2.18. The van der Waals surface area contributed by atoms with Crippen molar-refractivity contribution in [3.63, 3.8) is 0 Å². The fourth-order valence-corrected chi connectivity index (χ4v) is 4.19. The maximum Gasteiger partial charge on any atom is 0.326 e. The summed E-state index contributed by atoms with van der Waals surface area (Å²) in [6, 6.07) is 10.9. The van der Waals surface area contributed by atoms with Crippen LogP contribution in [0.4, 0.5) is 0 Å². The van der Waals surface area contributed by atoms with E-state index in [9.17, 15) is 14.7 Å². The summed E-state index contributed by atoms with van der Waals surface area (Å²) >= 11 is 17.7. The third-order valence-corrected chi connectivity index (χ3v) is 5.75. The number of aromatic nitrogens is 2. The van der Waals surface area contributed by atoms with Crippen LogP contribution < -0.4 is 15.6 Å². The molecular weight excluding hydrogens is 473 g/mol. The predicted octanol–water partition coefficient (Wildman–Crippen LogP) is 3.72. The number of carbonyl (C=O) groups is 1. The van der Waals surface area contributed by atoms with E-state index in [4.69, 9.17) is 40.2 Å². The minimum atomic E-state index is -1.08. The molecule has 32 heavy (non-hydrogen) atoms. The van der Waals surface area contributed by atoms with Crippen molar-refractivity contribution in [1.29, 1.82) is 0 Å². The summed E-state index contributed by atoms with van der Waals surface area (Å²) < 4.78 is 6.49. The molecule has 2 aromatic carbocycles. The van der Waals surface area contributed by atoms with Gasteiger partial charge in [0.05, 0.1) is 28.9 Å². The highest BCUT2D eigenvalue weighted by molar-refractivity contribution is 7.80. The normalized spacial score (nSPS) is 11.6. The molecule has 0 fully saturated rings. The van der Waals surface area contributed by atoms with E-state index in [1.807, 2.05) is 0 Å². The van der Waals surface area contributed by atoms with Gasteiger partial charge in [-0.05, 0) is 23.3 Å². The molecule has 3 aromatic rings. The van der Waals surface area contributed by atoms with Gasteiger partial charge in [-0.25, -0.2) is 9.48 Å². The molecule has 0 aliphatic heterocycles. The summed E-state index contributed by atoms with van der Waals surface area (Å²) in [5.41, 5.74) is 1.81. The molecule has 0 aliphatic carbocycles. The molecule has 1 atom stereocenters. The highest BCUT2D eigenvalue weighted by atomic mass is 35.5. The number of benzene rings is 2. The Morgan fingerprint density at radius 1 is 1.22 bits per heavy atom. The van der Waals surface area contributed by atoms with Crippen molar-refractivity contribution in [1.82, 2.24) is 15.1 Å². The molecule has 1 aromatic heterocycles. The second kappa shape index (κ2) is 10.1. The summed E-state index contributed by atoms with van der Waals surface area (Å²) in [5, 5.41) is 17.1. The van der Waals surface area contributed by atoms with Gasteiger partial charge < -0.3 is 15.2 Å². The van der Waals surface area contributed by atoms with Gasteiger partial charge in [0, 0.05) is 19.0 Å². The van der Waals surface area contributed by atoms with Crippen molar-refractivity contribution in [2.45, 2.75) is 12.5 Å². The maximum atomic E-state index is 12.5. The molecule has 0 spiro atoms. The summed E-state index contributed by atoms with van der Waals surface area (Å²) in [6.45, 7) is 0. The number of halogens is 2. The first-order chi connectivity index (χ1) is 15.2. The van der Waals surface area contributed by atoms with E-state index in [-0.39, 0.29) is 17.0 Å². The van der Waals surface area contributed by atoms with Gasteiger partial charge in [-0.3, -0.25) is 4.79 Å². The fraction of sp³-hybridized carbons (Fsp3) is 0.182. The lowest BCUT2D eigenvalue weighted by atomic mass is 10.0. The van der Waals surface area contributed by atoms with Crippen LogP contribution in [0, 0.1) is 0 Å². The average Bonchev–Trinajstić information content (AvgIpc) is 2.75. The van der Waals surface area contributed by atoms with Crippen LogP contribution in [-0.2, 0) is 18.3 Å². The molecule has 166 valence electrons. The van der Waals surface area contributed by atoms with Crippen molar-refractivity contribution in [3.05, 3.63) is 80.2 Å². The smallest absolute Gasteiger partial charge is 0.326 e. The Labute approximate surface area is 199 Å². The highest BCUT2D eigenvalue weighted by Crippen LogP contribution is 2.27. The predicted molar refractivity (Wildman–Crippen MR) is 128 cm³/mol. The Bertz CT molecular complexity index is 1210. The van der Waals surface area contributed by atoms with Gasteiger partial charge in [0.1, 0.15) is 11.0 Å². The van der Waals surface area contributed by atoms with Crippen molar-refractivity contribution in [2.24, 2.45) is 7.05 Å². The van der Waals surface area contributed by atoms with Crippen LogP contribution in [0.3, 0.4) is 0 Å². The van der Waals surface area contributed by atoms with Crippen molar-refractivity contribution < 1.29 is 14.6 Å². The zero-order valence-corrected chi connectivity index (χ0v) is 19.5. The monoisotopic (exact) mass is 491 g/mol. The van der Waals surface area contributed by atoms with E-state index in [1.165, 1.54) is 18.0 Å². The number of rotatable bonds is 7. The van der Waals surface area contributed by atoms with E-state index in [2.05, 4.69) is 10.4 Å². The van der Waals surface area contributed by atoms with Crippen LogP contribution in [0.25, 0.3) is 11.1 Å². The summed E-state index contributed by atoms with van der Waals surface area (Å²) in [6.07, 6.45) is 1.61. The standard InChI is InChI=1S/C22H19Cl2N3O4S/c1-27-21(28)18(17(31-2)11-25-27)13-8-6-12(7-9-13)10-16(22(29)30)26-20(32)19-14(23)4-3-5-15(19)24/h3-9,11,16H,10H2,1-2H3,(H,26,32)(H,29,30). The molecule has 1 unspecified atom stereocenters. The summed E-state index contributed by atoms with van der Waals surface area (Å²) in [7, 11) is 3.02. The maximum absolute atomic E-state index is 12.5. The Balaban J connectivity index is 1.83. The van der Waals surface area contributed by atoms with Crippen LogP contribution in [0.2, 0.25) is 10.0 Å². The van der Waals surface area contributed by atoms with Crippen LogP contribution in [0.1, 0.15) is 11.1 Å². The second-order valence-corrected chi connectivity index (χ2v) is 8.10. The third kappa shape index (κ3) is 5.09. The van der Waals surface area contributed by atoms with Gasteiger partial charge in [-0.2, -0.15) is 5.10 Å². The Morgan fingerprint density at radius 2 is 1.84 bits per heavy atom. The van der Waals surface area contributed by atoms with E-state index in [0.717, 1.165) is 5.56 Å². The first kappa shape index (κ1) is 23.7. The first-order valence-electron chi connectivity index (χ1n) is 9.40. The molecule has 2 N–H and O–H groups in total. The van der Waals surface area contributed by atoms with E-state index >= 15 is 0 Å². The van der Waals surface area contributed by atoms with Crippen LogP contribution in [0.15, 0.2) is 53.5 Å².